The first-order valence-corrected chi connectivity index (χ1v) is 7.18. The van der Waals surface area contributed by atoms with Gasteiger partial charge in [0.05, 0.1) is 6.61 Å². The minimum Gasteiger partial charge on any atom is -0.394 e. The molecule has 18 heavy (non-hydrogen) atoms. The Kier molecular flexibility index (Phi) is 4.87. The molecule has 2 unspecified atom stereocenters. The van der Waals surface area contributed by atoms with Gasteiger partial charge in [0.15, 0.2) is 0 Å². The number of rotatable bonds is 3. The zero-order valence-electron chi connectivity index (χ0n) is 10.1. The van der Waals surface area contributed by atoms with Crippen LogP contribution in [0.25, 0.3) is 0 Å². The lowest BCUT2D eigenvalue weighted by atomic mass is 10.0. The molecule has 0 bridgehead atoms. The standard InChI is InChI=1S/C11H21NO5S/c12-5-1-2-6(3-5)18-11-10(16)9(15)8(14)7(4-13)17-11/h5-11,13-16H,1-4,12H2/t5?,6?,7-,8+,9+,10-,11+/m1/s1. The highest BCUT2D eigenvalue weighted by Crippen LogP contribution is 2.37. The molecule has 2 aliphatic rings. The molecule has 0 amide bonds. The summed E-state index contributed by atoms with van der Waals surface area (Å²) in [6.45, 7) is -0.383. The average Bonchev–Trinajstić information content (AvgIpc) is 2.75. The summed E-state index contributed by atoms with van der Waals surface area (Å²) in [4.78, 5) is 0. The van der Waals surface area contributed by atoms with Crippen LogP contribution in [0.5, 0.6) is 0 Å². The van der Waals surface area contributed by atoms with Crippen LogP contribution < -0.4 is 5.73 Å². The molecule has 1 saturated carbocycles. The Morgan fingerprint density at radius 3 is 2.39 bits per heavy atom. The molecule has 6 nitrogen and oxygen atoms in total. The summed E-state index contributed by atoms with van der Waals surface area (Å²) in [6, 6.07) is 0.187. The first kappa shape index (κ1) is 14.5. The monoisotopic (exact) mass is 279 g/mol. The Morgan fingerprint density at radius 2 is 1.83 bits per heavy atom. The maximum atomic E-state index is 9.88. The number of aliphatic hydroxyl groups excluding tert-OH is 4. The number of thioether (sulfide) groups is 1. The second-order valence-electron chi connectivity index (χ2n) is 5.03. The SMILES string of the molecule is NC1CCC(S[C@@H]2O[C@H](CO)[C@H](O)[C@H](O)[C@H]2O)C1. The summed E-state index contributed by atoms with van der Waals surface area (Å²) in [6.07, 6.45) is -1.77. The van der Waals surface area contributed by atoms with Gasteiger partial charge in [-0.25, -0.2) is 0 Å². The van der Waals surface area contributed by atoms with Crippen LogP contribution >= 0.6 is 11.8 Å². The fourth-order valence-corrected chi connectivity index (χ4v) is 4.01. The molecule has 1 heterocycles. The molecule has 0 spiro atoms. The second kappa shape index (κ2) is 6.04. The van der Waals surface area contributed by atoms with Gasteiger partial charge in [-0.1, -0.05) is 0 Å². The van der Waals surface area contributed by atoms with E-state index in [1.54, 1.807) is 0 Å². The van der Waals surface area contributed by atoms with Gasteiger partial charge >= 0.3 is 0 Å². The molecule has 1 saturated heterocycles. The van der Waals surface area contributed by atoms with E-state index in [1.807, 2.05) is 0 Å². The third-order valence-electron chi connectivity index (χ3n) is 3.60. The van der Waals surface area contributed by atoms with Crippen LogP contribution in [0.2, 0.25) is 0 Å². The van der Waals surface area contributed by atoms with Crippen molar-refractivity contribution in [1.82, 2.24) is 0 Å². The van der Waals surface area contributed by atoms with E-state index in [4.69, 9.17) is 15.6 Å². The van der Waals surface area contributed by atoms with E-state index in [9.17, 15) is 15.3 Å². The summed E-state index contributed by atoms with van der Waals surface area (Å²) in [5.74, 6) is 0. The predicted octanol–water partition coefficient (Wildman–Crippen LogP) is -1.60. The van der Waals surface area contributed by atoms with Crippen molar-refractivity contribution in [3.05, 3.63) is 0 Å². The summed E-state index contributed by atoms with van der Waals surface area (Å²) in [7, 11) is 0. The van der Waals surface area contributed by atoms with E-state index in [1.165, 1.54) is 11.8 Å². The van der Waals surface area contributed by atoms with Gasteiger partial charge in [0.1, 0.15) is 29.9 Å². The summed E-state index contributed by atoms with van der Waals surface area (Å²) in [5.41, 5.74) is 5.19. The average molecular weight is 279 g/mol. The molecule has 7 atom stereocenters. The zero-order chi connectivity index (χ0) is 13.3. The van der Waals surface area contributed by atoms with Gasteiger partial charge in [-0.15, -0.1) is 11.8 Å². The van der Waals surface area contributed by atoms with Crippen LogP contribution in [0.4, 0.5) is 0 Å². The van der Waals surface area contributed by atoms with Gasteiger partial charge < -0.3 is 30.9 Å². The Hall–Kier alpha value is 0.110. The van der Waals surface area contributed by atoms with Crippen molar-refractivity contribution < 1.29 is 25.2 Å². The van der Waals surface area contributed by atoms with Crippen molar-refractivity contribution in [2.24, 2.45) is 5.73 Å². The van der Waals surface area contributed by atoms with Gasteiger partial charge in [-0.05, 0) is 19.3 Å². The quantitative estimate of drug-likeness (QED) is 0.422. The first-order valence-electron chi connectivity index (χ1n) is 6.24. The highest BCUT2D eigenvalue weighted by atomic mass is 32.2. The molecule has 6 N–H and O–H groups in total. The molecule has 1 aliphatic carbocycles. The Labute approximate surface area is 110 Å². The van der Waals surface area contributed by atoms with Crippen LogP contribution in [0.15, 0.2) is 0 Å². The molecule has 2 rings (SSSR count). The molecule has 0 aromatic carbocycles. The largest absolute Gasteiger partial charge is 0.394 e. The van der Waals surface area contributed by atoms with Crippen molar-refractivity contribution in [2.45, 2.75) is 60.4 Å². The van der Waals surface area contributed by atoms with Gasteiger partial charge in [0.2, 0.25) is 0 Å². The minimum absolute atomic E-state index is 0.187. The van der Waals surface area contributed by atoms with Crippen LogP contribution in [-0.2, 0) is 4.74 Å². The normalized spacial score (nSPS) is 49.5. The molecule has 1 aliphatic heterocycles. The molecule has 0 radical (unpaired) electrons. The Morgan fingerprint density at radius 1 is 1.11 bits per heavy atom. The van der Waals surface area contributed by atoms with E-state index in [2.05, 4.69) is 0 Å². The lowest BCUT2D eigenvalue weighted by Crippen LogP contribution is -2.57. The fraction of sp³-hybridized carbons (Fsp3) is 1.00. The van der Waals surface area contributed by atoms with E-state index in [0.717, 1.165) is 19.3 Å². The lowest BCUT2D eigenvalue weighted by molar-refractivity contribution is -0.205. The third-order valence-corrected chi connectivity index (χ3v) is 5.07. The molecule has 2 fully saturated rings. The fourth-order valence-electron chi connectivity index (χ4n) is 2.47. The summed E-state index contributed by atoms with van der Waals surface area (Å²) >= 11 is 1.43. The zero-order valence-corrected chi connectivity index (χ0v) is 10.9. The molecular formula is C11H21NO5S. The number of aliphatic hydroxyl groups is 4. The molecule has 0 aromatic heterocycles. The van der Waals surface area contributed by atoms with Crippen LogP contribution in [-0.4, -0.2) is 68.2 Å². The highest BCUT2D eigenvalue weighted by Gasteiger charge is 2.44. The molecule has 106 valence electrons. The van der Waals surface area contributed by atoms with E-state index in [0.29, 0.717) is 5.25 Å². The van der Waals surface area contributed by atoms with Crippen molar-refractivity contribution in [1.29, 1.82) is 0 Å². The van der Waals surface area contributed by atoms with Crippen molar-refractivity contribution in [2.75, 3.05) is 6.61 Å². The first-order chi connectivity index (χ1) is 8.52. The number of hydrogen-bond acceptors (Lipinski definition) is 7. The number of hydrogen-bond donors (Lipinski definition) is 5. The third kappa shape index (κ3) is 2.98. The number of ether oxygens (including phenoxy) is 1. The minimum atomic E-state index is -1.29. The Balaban J connectivity index is 1.94. The van der Waals surface area contributed by atoms with Gasteiger partial charge in [0.25, 0.3) is 0 Å². The van der Waals surface area contributed by atoms with Crippen molar-refractivity contribution in [3.8, 4) is 0 Å². The van der Waals surface area contributed by atoms with Crippen molar-refractivity contribution >= 4 is 11.8 Å². The molecule has 0 aromatic rings. The number of nitrogens with two attached hydrogens (primary N) is 1. The van der Waals surface area contributed by atoms with Gasteiger partial charge in [-0.3, -0.25) is 0 Å². The van der Waals surface area contributed by atoms with Gasteiger partial charge in [-0.2, -0.15) is 0 Å². The maximum absolute atomic E-state index is 9.88. The Bertz CT molecular complexity index is 280. The van der Waals surface area contributed by atoms with Crippen molar-refractivity contribution in [3.63, 3.8) is 0 Å². The lowest BCUT2D eigenvalue weighted by Gasteiger charge is -2.40. The van der Waals surface area contributed by atoms with Gasteiger partial charge in [0, 0.05) is 11.3 Å². The van der Waals surface area contributed by atoms with Crippen LogP contribution in [0, 0.1) is 0 Å². The summed E-state index contributed by atoms with van der Waals surface area (Å²) in [5, 5.41) is 38.6. The second-order valence-corrected chi connectivity index (χ2v) is 6.43. The van der Waals surface area contributed by atoms with E-state index < -0.39 is 29.9 Å². The van der Waals surface area contributed by atoms with Crippen LogP contribution in [0.1, 0.15) is 19.3 Å². The molecular weight excluding hydrogens is 258 g/mol. The molecule has 7 heteroatoms. The highest BCUT2D eigenvalue weighted by molar-refractivity contribution is 8.00. The summed E-state index contributed by atoms with van der Waals surface area (Å²) < 4.78 is 5.44. The van der Waals surface area contributed by atoms with E-state index >= 15 is 0 Å². The predicted molar refractivity (Wildman–Crippen MR) is 67.0 cm³/mol. The topological polar surface area (TPSA) is 116 Å². The van der Waals surface area contributed by atoms with Crippen LogP contribution in [0.3, 0.4) is 0 Å². The maximum Gasteiger partial charge on any atom is 0.132 e. The van der Waals surface area contributed by atoms with E-state index in [-0.39, 0.29) is 12.6 Å². The smallest absolute Gasteiger partial charge is 0.132 e.